The number of hydrogen-bond acceptors (Lipinski definition) is 4. The largest absolute Gasteiger partial charge is 0.519 e. The second-order valence-corrected chi connectivity index (χ2v) is 3.98. The molecule has 1 aromatic heterocycles. The standard InChI is InChI=1S/C9H5ClO3S/c10-6-1-3-7(4-2-6)14-8-5-12-9(11)13-8/h1-5H. The van der Waals surface area contributed by atoms with E-state index in [4.69, 9.17) is 16.0 Å². The van der Waals surface area contributed by atoms with Gasteiger partial charge in [0.15, 0.2) is 0 Å². The highest BCUT2D eigenvalue weighted by atomic mass is 35.5. The van der Waals surface area contributed by atoms with E-state index >= 15 is 0 Å². The monoisotopic (exact) mass is 228 g/mol. The van der Waals surface area contributed by atoms with Gasteiger partial charge in [-0.2, -0.15) is 0 Å². The summed E-state index contributed by atoms with van der Waals surface area (Å²) in [5, 5.41) is 1.10. The van der Waals surface area contributed by atoms with Gasteiger partial charge in [0.05, 0.1) is 0 Å². The van der Waals surface area contributed by atoms with Crippen molar-refractivity contribution in [2.24, 2.45) is 0 Å². The summed E-state index contributed by atoms with van der Waals surface area (Å²) in [7, 11) is 0. The summed E-state index contributed by atoms with van der Waals surface area (Å²) in [6, 6.07) is 7.20. The molecule has 2 aromatic rings. The summed E-state index contributed by atoms with van der Waals surface area (Å²) in [6.07, 6.45) is 1.28. The van der Waals surface area contributed by atoms with Gasteiger partial charge in [-0.05, 0) is 36.0 Å². The fourth-order valence-electron chi connectivity index (χ4n) is 0.890. The van der Waals surface area contributed by atoms with E-state index in [1.165, 1.54) is 18.0 Å². The first kappa shape index (κ1) is 9.43. The van der Waals surface area contributed by atoms with E-state index in [2.05, 4.69) is 4.42 Å². The number of benzene rings is 1. The van der Waals surface area contributed by atoms with E-state index in [-0.39, 0.29) is 0 Å². The third-order valence-electron chi connectivity index (χ3n) is 1.47. The van der Waals surface area contributed by atoms with Crippen LogP contribution < -0.4 is 5.82 Å². The molecule has 0 amide bonds. The molecule has 1 aromatic carbocycles. The van der Waals surface area contributed by atoms with E-state index in [0.717, 1.165) is 4.90 Å². The number of rotatable bonds is 2. The van der Waals surface area contributed by atoms with Crippen molar-refractivity contribution in [1.29, 1.82) is 0 Å². The van der Waals surface area contributed by atoms with Crippen molar-refractivity contribution in [3.8, 4) is 0 Å². The molecule has 1 heterocycles. The van der Waals surface area contributed by atoms with Crippen LogP contribution in [-0.2, 0) is 0 Å². The van der Waals surface area contributed by atoms with Crippen molar-refractivity contribution in [3.63, 3.8) is 0 Å². The summed E-state index contributed by atoms with van der Waals surface area (Å²) in [4.78, 5) is 11.5. The van der Waals surface area contributed by atoms with E-state index in [0.29, 0.717) is 10.1 Å². The highest BCUT2D eigenvalue weighted by Crippen LogP contribution is 2.27. The molecule has 0 N–H and O–H groups in total. The van der Waals surface area contributed by atoms with Gasteiger partial charge in [0.25, 0.3) is 0 Å². The molecule has 0 bridgehead atoms. The molecule has 5 heteroatoms. The molecule has 2 rings (SSSR count). The zero-order valence-electron chi connectivity index (χ0n) is 6.90. The fraction of sp³-hybridized carbons (Fsp3) is 0. The Morgan fingerprint density at radius 1 is 1.21 bits per heavy atom. The number of hydrogen-bond donors (Lipinski definition) is 0. The van der Waals surface area contributed by atoms with Crippen LogP contribution in [0, 0.1) is 0 Å². The molecule has 0 aliphatic carbocycles. The van der Waals surface area contributed by atoms with Crippen LogP contribution in [0.4, 0.5) is 0 Å². The zero-order chi connectivity index (χ0) is 9.97. The highest BCUT2D eigenvalue weighted by Gasteiger charge is 2.03. The van der Waals surface area contributed by atoms with Gasteiger partial charge < -0.3 is 8.83 Å². The van der Waals surface area contributed by atoms with Crippen LogP contribution in [0.25, 0.3) is 0 Å². The maximum absolute atomic E-state index is 10.6. The highest BCUT2D eigenvalue weighted by molar-refractivity contribution is 7.99. The Morgan fingerprint density at radius 2 is 1.93 bits per heavy atom. The van der Waals surface area contributed by atoms with Crippen molar-refractivity contribution in [3.05, 3.63) is 46.2 Å². The average molecular weight is 229 g/mol. The molecule has 14 heavy (non-hydrogen) atoms. The van der Waals surface area contributed by atoms with Crippen molar-refractivity contribution in [2.75, 3.05) is 0 Å². The lowest BCUT2D eigenvalue weighted by Crippen LogP contribution is -1.84. The van der Waals surface area contributed by atoms with E-state index in [1.54, 1.807) is 12.1 Å². The molecule has 0 radical (unpaired) electrons. The molecular weight excluding hydrogens is 224 g/mol. The lowest BCUT2D eigenvalue weighted by molar-refractivity contribution is 0.359. The third kappa shape index (κ3) is 2.21. The minimum atomic E-state index is -0.693. The number of halogens is 1. The molecule has 0 atom stereocenters. The Kier molecular flexibility index (Phi) is 2.65. The third-order valence-corrected chi connectivity index (χ3v) is 2.61. The molecule has 3 nitrogen and oxygen atoms in total. The smallest absolute Gasteiger partial charge is 0.398 e. The molecular formula is C9H5ClO3S. The van der Waals surface area contributed by atoms with Crippen molar-refractivity contribution >= 4 is 23.4 Å². The molecule has 0 aliphatic heterocycles. The van der Waals surface area contributed by atoms with Gasteiger partial charge in [-0.1, -0.05) is 11.6 Å². The van der Waals surface area contributed by atoms with Crippen LogP contribution in [0.1, 0.15) is 0 Å². The van der Waals surface area contributed by atoms with Crippen LogP contribution in [0.15, 0.2) is 54.1 Å². The Hall–Kier alpha value is -1.13. The average Bonchev–Trinajstić information content (AvgIpc) is 2.56. The van der Waals surface area contributed by atoms with Crippen molar-refractivity contribution in [2.45, 2.75) is 9.99 Å². The Morgan fingerprint density at radius 3 is 2.50 bits per heavy atom. The van der Waals surface area contributed by atoms with Gasteiger partial charge in [-0.15, -0.1) is 0 Å². The summed E-state index contributed by atoms with van der Waals surface area (Å²) in [5.41, 5.74) is 0. The zero-order valence-corrected chi connectivity index (χ0v) is 8.47. The van der Waals surface area contributed by atoms with Crippen LogP contribution in [0.5, 0.6) is 0 Å². The minimum Gasteiger partial charge on any atom is -0.398 e. The van der Waals surface area contributed by atoms with Gasteiger partial charge in [0.1, 0.15) is 6.26 Å². The molecule has 0 unspecified atom stereocenters. The molecule has 0 spiro atoms. The van der Waals surface area contributed by atoms with E-state index in [1.807, 2.05) is 12.1 Å². The predicted octanol–water partition coefficient (Wildman–Crippen LogP) is 3.04. The summed E-state index contributed by atoms with van der Waals surface area (Å²) >= 11 is 7.02. The molecule has 0 saturated heterocycles. The summed E-state index contributed by atoms with van der Waals surface area (Å²) < 4.78 is 9.22. The first-order valence-corrected chi connectivity index (χ1v) is 4.95. The van der Waals surface area contributed by atoms with Crippen LogP contribution in [0.3, 0.4) is 0 Å². The van der Waals surface area contributed by atoms with Crippen LogP contribution in [-0.4, -0.2) is 0 Å². The van der Waals surface area contributed by atoms with Crippen LogP contribution in [0.2, 0.25) is 5.02 Å². The van der Waals surface area contributed by atoms with E-state index in [9.17, 15) is 4.79 Å². The molecule has 72 valence electrons. The summed E-state index contributed by atoms with van der Waals surface area (Å²) in [6.45, 7) is 0. The molecule has 0 fully saturated rings. The minimum absolute atomic E-state index is 0.428. The van der Waals surface area contributed by atoms with Crippen molar-refractivity contribution < 1.29 is 8.83 Å². The SMILES string of the molecule is O=c1occ(Sc2ccc(Cl)cc2)o1. The molecule has 0 saturated carbocycles. The Labute approximate surface area is 88.7 Å². The first-order valence-electron chi connectivity index (χ1n) is 3.76. The first-order chi connectivity index (χ1) is 6.74. The quantitative estimate of drug-likeness (QED) is 0.793. The lowest BCUT2D eigenvalue weighted by atomic mass is 10.4. The molecule has 0 aliphatic rings. The Bertz CT molecular complexity index is 471. The Balaban J connectivity index is 2.19. The maximum atomic E-state index is 10.6. The van der Waals surface area contributed by atoms with Gasteiger partial charge in [-0.25, -0.2) is 4.79 Å². The summed E-state index contributed by atoms with van der Waals surface area (Å²) in [5.74, 6) is -0.693. The van der Waals surface area contributed by atoms with E-state index < -0.39 is 5.82 Å². The topological polar surface area (TPSA) is 43.4 Å². The fourth-order valence-corrected chi connectivity index (χ4v) is 1.73. The second-order valence-electron chi connectivity index (χ2n) is 2.46. The van der Waals surface area contributed by atoms with Gasteiger partial charge in [0, 0.05) is 9.92 Å². The second kappa shape index (κ2) is 3.94. The normalized spacial score (nSPS) is 10.4. The van der Waals surface area contributed by atoms with Crippen molar-refractivity contribution in [1.82, 2.24) is 0 Å². The van der Waals surface area contributed by atoms with Crippen LogP contribution >= 0.6 is 23.4 Å². The van der Waals surface area contributed by atoms with Gasteiger partial charge in [0.2, 0.25) is 5.09 Å². The lowest BCUT2D eigenvalue weighted by Gasteiger charge is -1.95. The van der Waals surface area contributed by atoms with Gasteiger partial charge in [-0.3, -0.25) is 0 Å². The maximum Gasteiger partial charge on any atom is 0.519 e. The van der Waals surface area contributed by atoms with Gasteiger partial charge >= 0.3 is 5.82 Å². The predicted molar refractivity (Wildman–Crippen MR) is 52.8 cm³/mol.